The van der Waals surface area contributed by atoms with Gasteiger partial charge in [0.15, 0.2) is 5.17 Å². The van der Waals surface area contributed by atoms with Crippen molar-refractivity contribution in [3.05, 3.63) is 0 Å². The summed E-state index contributed by atoms with van der Waals surface area (Å²) < 4.78 is 0. The molecule has 0 aromatic carbocycles. The number of hydrogen-bond acceptors (Lipinski definition) is 4. The zero-order valence-corrected chi connectivity index (χ0v) is 12.1. The van der Waals surface area contributed by atoms with Gasteiger partial charge in [-0.05, 0) is 32.6 Å². The largest absolute Gasteiger partial charge is 0.370 e. The maximum atomic E-state index is 11.0. The molecule has 1 fully saturated rings. The summed E-state index contributed by atoms with van der Waals surface area (Å²) in [5.41, 5.74) is 4.96. The van der Waals surface area contributed by atoms with Crippen molar-refractivity contribution in [2.75, 3.05) is 5.75 Å². The summed E-state index contributed by atoms with van der Waals surface area (Å²) in [7, 11) is 0. The van der Waals surface area contributed by atoms with Gasteiger partial charge >= 0.3 is 0 Å². The Morgan fingerprint density at radius 3 is 2.94 bits per heavy atom. The van der Waals surface area contributed by atoms with Gasteiger partial charge in [0.2, 0.25) is 5.91 Å². The van der Waals surface area contributed by atoms with Crippen LogP contribution in [0.3, 0.4) is 0 Å². The molecule has 102 valence electrons. The predicted octanol–water partition coefficient (Wildman–Crippen LogP) is 1.89. The number of aliphatic imine (C=N–C) groups is 1. The number of carbonyl (C=O) groups is 1. The molecule has 0 aromatic rings. The number of amidine groups is 1. The Labute approximate surface area is 113 Å². The minimum Gasteiger partial charge on any atom is -0.370 e. The fourth-order valence-corrected chi connectivity index (χ4v) is 4.08. The highest BCUT2D eigenvalue weighted by Crippen LogP contribution is 2.34. The summed E-state index contributed by atoms with van der Waals surface area (Å²) in [6.07, 6.45) is 5.52. The number of fused-ring (bicyclic) bond motifs is 1. The Balaban J connectivity index is 1.97. The van der Waals surface area contributed by atoms with E-state index < -0.39 is 0 Å². The lowest BCUT2D eigenvalue weighted by Gasteiger charge is -2.35. The second-order valence-corrected chi connectivity index (χ2v) is 7.02. The smallest absolute Gasteiger partial charge is 0.219 e. The van der Waals surface area contributed by atoms with Gasteiger partial charge in [-0.2, -0.15) is 0 Å². The lowest BCUT2D eigenvalue weighted by molar-refractivity contribution is -0.119. The third kappa shape index (κ3) is 3.64. The summed E-state index contributed by atoms with van der Waals surface area (Å²) in [5.74, 6) is 1.64. The Kier molecular flexibility index (Phi) is 4.20. The molecular formula is C13H23N3OS. The number of hydrogen-bond donors (Lipinski definition) is 2. The zero-order chi connectivity index (χ0) is 13.2. The first kappa shape index (κ1) is 13.7. The van der Waals surface area contributed by atoms with Gasteiger partial charge in [0.05, 0.1) is 6.04 Å². The van der Waals surface area contributed by atoms with Crippen LogP contribution in [0.1, 0.15) is 46.0 Å². The van der Waals surface area contributed by atoms with Crippen LogP contribution in [0.5, 0.6) is 0 Å². The highest BCUT2D eigenvalue weighted by molar-refractivity contribution is 8.13. The molecule has 2 atom stereocenters. The van der Waals surface area contributed by atoms with E-state index in [1.54, 1.807) is 11.8 Å². The van der Waals surface area contributed by atoms with Crippen LogP contribution in [-0.4, -0.2) is 28.4 Å². The van der Waals surface area contributed by atoms with Gasteiger partial charge in [-0.15, -0.1) is 0 Å². The first-order valence-corrected chi connectivity index (χ1v) is 7.72. The lowest BCUT2D eigenvalue weighted by Crippen LogP contribution is -2.47. The first-order valence-electron chi connectivity index (χ1n) is 6.73. The average molecular weight is 269 g/mol. The highest BCUT2D eigenvalue weighted by atomic mass is 32.2. The Bertz CT molecular complexity index is 354. The summed E-state index contributed by atoms with van der Waals surface area (Å²) in [6, 6.07) is 0.492. The van der Waals surface area contributed by atoms with E-state index in [2.05, 4.69) is 5.32 Å². The molecule has 0 spiro atoms. The Morgan fingerprint density at radius 1 is 1.50 bits per heavy atom. The number of nitrogens with one attached hydrogen (secondary N) is 1. The van der Waals surface area contributed by atoms with E-state index in [9.17, 15) is 4.79 Å². The fraction of sp³-hybridized carbons (Fsp3) is 0.846. The Morgan fingerprint density at radius 2 is 2.22 bits per heavy atom. The number of primary amides is 1. The van der Waals surface area contributed by atoms with Gasteiger partial charge in [0, 0.05) is 17.7 Å². The summed E-state index contributed by atoms with van der Waals surface area (Å²) in [6.45, 7) is 3.99. The zero-order valence-electron chi connectivity index (χ0n) is 11.2. The van der Waals surface area contributed by atoms with E-state index >= 15 is 0 Å². The van der Waals surface area contributed by atoms with E-state index in [-0.39, 0.29) is 11.4 Å². The van der Waals surface area contributed by atoms with Crippen LogP contribution in [0, 0.1) is 5.92 Å². The van der Waals surface area contributed by atoms with Gasteiger partial charge in [0.1, 0.15) is 0 Å². The topological polar surface area (TPSA) is 67.5 Å². The minimum absolute atomic E-state index is 0.274. The van der Waals surface area contributed by atoms with Crippen LogP contribution in [0.2, 0.25) is 0 Å². The first-order chi connectivity index (χ1) is 8.46. The number of carbonyl (C=O) groups excluding carboxylic acids is 1. The van der Waals surface area contributed by atoms with Crippen molar-refractivity contribution >= 4 is 22.8 Å². The molecule has 0 aromatic heterocycles. The minimum atomic E-state index is -0.306. The molecule has 5 heteroatoms. The van der Waals surface area contributed by atoms with Crippen LogP contribution >= 0.6 is 11.8 Å². The standard InChI is InChI=1S/C13H23N3OS/c1-13(2,7-11(14)17)16-12-15-10-6-4-3-5-9(10)8-18-12/h9-10H,3-8H2,1-2H3,(H2,14,17)(H,15,16). The number of rotatable bonds is 3. The summed E-state index contributed by atoms with van der Waals surface area (Å²) in [5, 5.41) is 4.36. The molecule has 3 N–H and O–H groups in total. The number of amides is 1. The molecule has 1 aliphatic heterocycles. The van der Waals surface area contributed by atoms with Crippen molar-refractivity contribution in [1.82, 2.24) is 5.32 Å². The SMILES string of the molecule is CC(C)(CC(N)=O)NC1=NC2CCCCC2CS1. The van der Waals surface area contributed by atoms with Crippen LogP contribution in [-0.2, 0) is 4.79 Å². The van der Waals surface area contributed by atoms with Gasteiger partial charge < -0.3 is 11.1 Å². The van der Waals surface area contributed by atoms with E-state index in [1.807, 2.05) is 13.8 Å². The molecule has 2 unspecified atom stereocenters. The maximum Gasteiger partial charge on any atom is 0.219 e. The summed E-state index contributed by atoms with van der Waals surface area (Å²) >= 11 is 1.79. The lowest BCUT2D eigenvalue weighted by atomic mass is 9.86. The molecule has 4 nitrogen and oxygen atoms in total. The molecule has 18 heavy (non-hydrogen) atoms. The predicted molar refractivity (Wildman–Crippen MR) is 76.7 cm³/mol. The molecule has 1 amide bonds. The molecule has 1 heterocycles. The van der Waals surface area contributed by atoms with Crippen molar-refractivity contribution in [3.63, 3.8) is 0 Å². The van der Waals surface area contributed by atoms with Crippen LogP contribution in [0.15, 0.2) is 4.99 Å². The number of thioether (sulfide) groups is 1. The molecule has 0 radical (unpaired) electrons. The second-order valence-electron chi connectivity index (χ2n) is 6.01. The van der Waals surface area contributed by atoms with Crippen molar-refractivity contribution in [2.45, 2.75) is 57.5 Å². The van der Waals surface area contributed by atoms with E-state index in [4.69, 9.17) is 10.7 Å². The fourth-order valence-electron chi connectivity index (χ4n) is 2.76. The van der Waals surface area contributed by atoms with E-state index in [0.29, 0.717) is 12.5 Å². The van der Waals surface area contributed by atoms with Crippen LogP contribution in [0.4, 0.5) is 0 Å². The number of nitrogens with zero attached hydrogens (tertiary/aromatic N) is 1. The van der Waals surface area contributed by atoms with Crippen LogP contribution in [0.25, 0.3) is 0 Å². The van der Waals surface area contributed by atoms with Gasteiger partial charge in [-0.25, -0.2) is 0 Å². The van der Waals surface area contributed by atoms with Crippen molar-refractivity contribution in [3.8, 4) is 0 Å². The molecule has 0 saturated heterocycles. The maximum absolute atomic E-state index is 11.0. The third-order valence-corrected chi connectivity index (χ3v) is 4.72. The molecule has 1 saturated carbocycles. The molecule has 1 aliphatic carbocycles. The van der Waals surface area contributed by atoms with Crippen molar-refractivity contribution < 1.29 is 4.79 Å². The van der Waals surface area contributed by atoms with E-state index in [1.165, 1.54) is 25.7 Å². The molecule has 2 rings (SSSR count). The van der Waals surface area contributed by atoms with Crippen molar-refractivity contribution in [2.24, 2.45) is 16.6 Å². The molecule has 0 bridgehead atoms. The molecule has 2 aliphatic rings. The quantitative estimate of drug-likeness (QED) is 0.822. The highest BCUT2D eigenvalue weighted by Gasteiger charge is 2.31. The van der Waals surface area contributed by atoms with Crippen molar-refractivity contribution in [1.29, 1.82) is 0 Å². The third-order valence-electron chi connectivity index (χ3n) is 3.65. The van der Waals surface area contributed by atoms with E-state index in [0.717, 1.165) is 16.8 Å². The summed E-state index contributed by atoms with van der Waals surface area (Å²) in [4.78, 5) is 15.8. The van der Waals surface area contributed by atoms with Gasteiger partial charge in [0.25, 0.3) is 0 Å². The number of nitrogens with two attached hydrogens (primary N) is 1. The molecular weight excluding hydrogens is 246 g/mol. The monoisotopic (exact) mass is 269 g/mol. The Hall–Kier alpha value is -0.710. The van der Waals surface area contributed by atoms with Gasteiger partial charge in [-0.3, -0.25) is 9.79 Å². The average Bonchev–Trinajstić information content (AvgIpc) is 2.26. The second kappa shape index (κ2) is 5.51. The van der Waals surface area contributed by atoms with Gasteiger partial charge in [-0.1, -0.05) is 24.6 Å². The van der Waals surface area contributed by atoms with Crippen LogP contribution < -0.4 is 11.1 Å². The normalized spacial score (nSPS) is 28.2.